The Morgan fingerprint density at radius 1 is 1.00 bits per heavy atom. The number of nitrogens with zero attached hydrogens (tertiary/aromatic N) is 1. The number of rotatable bonds is 7. The van der Waals surface area contributed by atoms with Gasteiger partial charge >= 0.3 is 5.97 Å². The summed E-state index contributed by atoms with van der Waals surface area (Å²) in [7, 11) is -4.07. The highest BCUT2D eigenvalue weighted by atomic mass is 32.2. The summed E-state index contributed by atoms with van der Waals surface area (Å²) in [5, 5.41) is 0. The molecule has 0 radical (unpaired) electrons. The van der Waals surface area contributed by atoms with E-state index in [1.807, 2.05) is 0 Å². The highest BCUT2D eigenvalue weighted by molar-refractivity contribution is 7.90. The van der Waals surface area contributed by atoms with Crippen LogP contribution < -0.4 is 4.74 Å². The molecule has 9 heteroatoms. The zero-order chi connectivity index (χ0) is 20.3. The zero-order valence-electron chi connectivity index (χ0n) is 15.0. The number of ketones is 1. The van der Waals surface area contributed by atoms with Gasteiger partial charge in [0.1, 0.15) is 30.4 Å². The second-order valence-electron chi connectivity index (χ2n) is 5.93. The maximum atomic E-state index is 12.4. The summed E-state index contributed by atoms with van der Waals surface area (Å²) in [6.07, 6.45) is 0. The van der Waals surface area contributed by atoms with E-state index in [2.05, 4.69) is 0 Å². The largest absolute Gasteiger partial charge is 0.489 e. The van der Waals surface area contributed by atoms with Crippen molar-refractivity contribution in [1.82, 2.24) is 4.31 Å². The molecule has 3 rings (SSSR count). The lowest BCUT2D eigenvalue weighted by molar-refractivity contribution is -0.144. The van der Waals surface area contributed by atoms with Crippen molar-refractivity contribution in [2.45, 2.75) is 11.8 Å². The second-order valence-corrected chi connectivity index (χ2v) is 7.77. The minimum Gasteiger partial charge on any atom is -0.489 e. The molecule has 28 heavy (non-hydrogen) atoms. The van der Waals surface area contributed by atoms with Crippen LogP contribution in [0.3, 0.4) is 0 Å². The van der Waals surface area contributed by atoms with E-state index in [4.69, 9.17) is 9.47 Å². The number of fused-ring (bicyclic) bond motifs is 1. The van der Waals surface area contributed by atoms with Gasteiger partial charge in [0.25, 0.3) is 15.9 Å². The molecule has 2 aromatic rings. The van der Waals surface area contributed by atoms with E-state index < -0.39 is 28.4 Å². The number of benzene rings is 2. The molecule has 0 unspecified atom stereocenters. The van der Waals surface area contributed by atoms with Crippen LogP contribution in [0.25, 0.3) is 0 Å². The van der Waals surface area contributed by atoms with Gasteiger partial charge in [0.05, 0.1) is 11.1 Å². The van der Waals surface area contributed by atoms with Crippen molar-refractivity contribution < 1.29 is 32.3 Å². The number of para-hydroxylation sites is 1. The van der Waals surface area contributed by atoms with Gasteiger partial charge in [0.2, 0.25) is 0 Å². The molecule has 0 saturated heterocycles. The number of hydrogen-bond acceptors (Lipinski definition) is 7. The molecule has 2 aromatic carbocycles. The van der Waals surface area contributed by atoms with E-state index in [1.54, 1.807) is 30.3 Å². The van der Waals surface area contributed by atoms with Crippen LogP contribution in [-0.2, 0) is 19.6 Å². The first-order chi connectivity index (χ1) is 13.3. The second kappa shape index (κ2) is 7.81. The summed E-state index contributed by atoms with van der Waals surface area (Å²) in [6, 6.07) is 12.4. The van der Waals surface area contributed by atoms with Crippen molar-refractivity contribution >= 4 is 27.7 Å². The van der Waals surface area contributed by atoms with Crippen LogP contribution in [0, 0.1) is 0 Å². The van der Waals surface area contributed by atoms with Crippen LogP contribution in [0.1, 0.15) is 27.6 Å². The number of amides is 1. The molecule has 1 aliphatic heterocycles. The molecule has 1 heterocycles. The smallest absolute Gasteiger partial charge is 0.327 e. The van der Waals surface area contributed by atoms with Crippen molar-refractivity contribution in [1.29, 1.82) is 0 Å². The molecule has 1 aliphatic rings. The monoisotopic (exact) mass is 403 g/mol. The van der Waals surface area contributed by atoms with Crippen LogP contribution >= 0.6 is 0 Å². The van der Waals surface area contributed by atoms with Gasteiger partial charge in [0, 0.05) is 0 Å². The summed E-state index contributed by atoms with van der Waals surface area (Å²) >= 11 is 0. The Hall–Kier alpha value is -3.20. The van der Waals surface area contributed by atoms with Crippen LogP contribution in [0.4, 0.5) is 0 Å². The van der Waals surface area contributed by atoms with Gasteiger partial charge in [-0.3, -0.25) is 14.4 Å². The fraction of sp³-hybridized carbons (Fsp3) is 0.211. The summed E-state index contributed by atoms with van der Waals surface area (Å²) in [6.45, 7) is 0.491. The van der Waals surface area contributed by atoms with Gasteiger partial charge in [-0.1, -0.05) is 24.3 Å². The quantitative estimate of drug-likeness (QED) is 0.393. The third kappa shape index (κ3) is 3.74. The van der Waals surface area contributed by atoms with Crippen molar-refractivity contribution in [2.75, 3.05) is 19.8 Å². The molecule has 0 bridgehead atoms. The first kappa shape index (κ1) is 19.6. The van der Waals surface area contributed by atoms with Gasteiger partial charge < -0.3 is 9.47 Å². The van der Waals surface area contributed by atoms with Crippen LogP contribution in [-0.4, -0.2) is 50.1 Å². The van der Waals surface area contributed by atoms with Crippen molar-refractivity contribution in [3.05, 3.63) is 59.7 Å². The molecule has 0 aliphatic carbocycles. The number of esters is 1. The molecule has 0 fully saturated rings. The van der Waals surface area contributed by atoms with Gasteiger partial charge in [-0.25, -0.2) is 12.7 Å². The van der Waals surface area contributed by atoms with Gasteiger partial charge in [-0.05, 0) is 31.2 Å². The van der Waals surface area contributed by atoms with E-state index >= 15 is 0 Å². The Balaban J connectivity index is 1.55. The molecule has 0 aromatic heterocycles. The third-order valence-corrected chi connectivity index (χ3v) is 5.84. The summed E-state index contributed by atoms with van der Waals surface area (Å²) in [4.78, 5) is 35.6. The standard InChI is InChI=1S/C19H17NO7S/c1-13(21)14-6-2-4-8-16(14)26-10-11-27-18(22)12-20-19(23)15-7-3-5-9-17(15)28(20,24)25/h2-9H,10-12H2,1H3. The maximum Gasteiger partial charge on any atom is 0.327 e. The Morgan fingerprint density at radius 2 is 1.68 bits per heavy atom. The fourth-order valence-corrected chi connectivity index (χ4v) is 4.25. The maximum absolute atomic E-state index is 12.4. The van der Waals surface area contributed by atoms with E-state index in [0.29, 0.717) is 15.6 Å². The molecule has 0 atom stereocenters. The molecule has 0 spiro atoms. The molecule has 0 N–H and O–H groups in total. The third-order valence-electron chi connectivity index (χ3n) is 4.06. The Bertz CT molecular complexity index is 1050. The van der Waals surface area contributed by atoms with Crippen molar-refractivity contribution in [3.8, 4) is 5.75 Å². The SMILES string of the molecule is CC(=O)c1ccccc1OCCOC(=O)CN1C(=O)c2ccccc2S1(=O)=O. The lowest BCUT2D eigenvalue weighted by atomic mass is 10.1. The molecule has 1 amide bonds. The zero-order valence-corrected chi connectivity index (χ0v) is 15.8. The summed E-state index contributed by atoms with van der Waals surface area (Å²) < 4.78 is 35.7. The first-order valence-corrected chi connectivity index (χ1v) is 9.81. The fourth-order valence-electron chi connectivity index (χ4n) is 2.74. The molecule has 0 saturated carbocycles. The lowest BCUT2D eigenvalue weighted by Crippen LogP contribution is -2.36. The van der Waals surface area contributed by atoms with Gasteiger partial charge in [-0.2, -0.15) is 0 Å². The average Bonchev–Trinajstić information content (AvgIpc) is 2.86. The van der Waals surface area contributed by atoms with Crippen molar-refractivity contribution in [2.24, 2.45) is 0 Å². The van der Waals surface area contributed by atoms with E-state index in [-0.39, 0.29) is 29.5 Å². The summed E-state index contributed by atoms with van der Waals surface area (Å²) in [5.41, 5.74) is 0.430. The minimum absolute atomic E-state index is 0.0273. The Kier molecular flexibility index (Phi) is 5.46. The van der Waals surface area contributed by atoms with Crippen LogP contribution in [0.2, 0.25) is 0 Å². The highest BCUT2D eigenvalue weighted by Crippen LogP contribution is 2.29. The van der Waals surface area contributed by atoms with Crippen LogP contribution in [0.15, 0.2) is 53.4 Å². The number of carbonyl (C=O) groups is 3. The molecular weight excluding hydrogens is 386 g/mol. The van der Waals surface area contributed by atoms with Gasteiger partial charge in [-0.15, -0.1) is 0 Å². The average molecular weight is 403 g/mol. The Labute approximate surface area is 161 Å². The number of hydrogen-bond donors (Lipinski definition) is 0. The number of carbonyl (C=O) groups excluding carboxylic acids is 3. The lowest BCUT2D eigenvalue weighted by Gasteiger charge is -2.14. The van der Waals surface area contributed by atoms with E-state index in [0.717, 1.165) is 0 Å². The molecule has 8 nitrogen and oxygen atoms in total. The Morgan fingerprint density at radius 3 is 2.39 bits per heavy atom. The predicted octanol–water partition coefficient (Wildman–Crippen LogP) is 1.66. The van der Waals surface area contributed by atoms with E-state index in [1.165, 1.54) is 25.1 Å². The predicted molar refractivity (Wildman–Crippen MR) is 97.6 cm³/mol. The number of ether oxygens (including phenoxy) is 2. The van der Waals surface area contributed by atoms with E-state index in [9.17, 15) is 22.8 Å². The highest BCUT2D eigenvalue weighted by Gasteiger charge is 2.42. The first-order valence-electron chi connectivity index (χ1n) is 8.37. The summed E-state index contributed by atoms with van der Waals surface area (Å²) in [5.74, 6) is -1.45. The number of Topliss-reactive ketones (excluding diaryl/α,β-unsaturated/α-hetero) is 1. The van der Waals surface area contributed by atoms with Crippen molar-refractivity contribution in [3.63, 3.8) is 0 Å². The normalized spacial score (nSPS) is 14.5. The topological polar surface area (TPSA) is 107 Å². The molecular formula is C19H17NO7S. The van der Waals surface area contributed by atoms with Crippen LogP contribution in [0.5, 0.6) is 5.75 Å². The van der Waals surface area contributed by atoms with Gasteiger partial charge in [0.15, 0.2) is 5.78 Å². The number of sulfonamides is 1. The molecule has 146 valence electrons. The minimum atomic E-state index is -4.07.